The molecule has 1 saturated heterocycles. The molecule has 1 unspecified atom stereocenters. The Bertz CT molecular complexity index is 1670. The maximum Gasteiger partial charge on any atom is 0.416 e. The Balaban J connectivity index is 1.37. The van der Waals surface area contributed by atoms with E-state index in [2.05, 4.69) is 25.5 Å². The number of carbonyl (C=O) groups is 1. The number of hydrogen-bond donors (Lipinski definition) is 1. The molecule has 16 heteroatoms. The number of hydrogen-bond acceptors (Lipinski definition) is 6. The van der Waals surface area contributed by atoms with Gasteiger partial charge < -0.3 is 0 Å². The normalized spacial score (nSPS) is 18.2. The van der Waals surface area contributed by atoms with E-state index in [0.717, 1.165) is 6.07 Å². The van der Waals surface area contributed by atoms with E-state index in [1.54, 1.807) is 12.1 Å². The van der Waals surface area contributed by atoms with Crippen LogP contribution in [0.5, 0.6) is 0 Å². The quantitative estimate of drug-likeness (QED) is 0.274. The van der Waals surface area contributed by atoms with Gasteiger partial charge in [0.2, 0.25) is 0 Å². The fourth-order valence-corrected chi connectivity index (χ4v) is 5.07. The van der Waals surface area contributed by atoms with Crippen molar-refractivity contribution in [3.63, 3.8) is 0 Å². The van der Waals surface area contributed by atoms with Gasteiger partial charge in [0.1, 0.15) is 28.4 Å². The molecule has 40 heavy (non-hydrogen) atoms. The van der Waals surface area contributed by atoms with Crippen molar-refractivity contribution < 1.29 is 35.3 Å². The average molecular weight is 582 g/mol. The van der Waals surface area contributed by atoms with Gasteiger partial charge in [-0.3, -0.25) is 24.5 Å². The summed E-state index contributed by atoms with van der Waals surface area (Å²) in [5.41, 5.74) is -2.31. The van der Waals surface area contributed by atoms with Crippen LogP contribution in [0.1, 0.15) is 22.3 Å². The average Bonchev–Trinajstić information content (AvgIpc) is 3.60. The third-order valence-corrected chi connectivity index (χ3v) is 7.18. The number of carbonyl (C=O) groups excluding carboxylic acids is 1. The van der Waals surface area contributed by atoms with Gasteiger partial charge in [0.05, 0.1) is 42.5 Å². The van der Waals surface area contributed by atoms with Crippen LogP contribution >= 0.6 is 0 Å². The number of benzene rings is 2. The molecule has 0 aliphatic carbocycles. The number of alkyl halides is 6. The third-order valence-electron chi connectivity index (χ3n) is 5.90. The Morgan fingerprint density at radius 2 is 1.82 bits per heavy atom. The van der Waals surface area contributed by atoms with Crippen LogP contribution in [-0.4, -0.2) is 46.4 Å². The Kier molecular flexibility index (Phi) is 7.03. The Morgan fingerprint density at radius 3 is 2.52 bits per heavy atom. The van der Waals surface area contributed by atoms with Crippen molar-refractivity contribution in [3.8, 4) is 0 Å². The first-order valence-corrected chi connectivity index (χ1v) is 12.6. The minimum atomic E-state index is -5.01. The van der Waals surface area contributed by atoms with Gasteiger partial charge in [-0.25, -0.2) is 9.19 Å². The summed E-state index contributed by atoms with van der Waals surface area (Å²) < 4.78 is 95.2. The Hall–Kier alpha value is -4.34. The van der Waals surface area contributed by atoms with Crippen molar-refractivity contribution in [2.75, 3.05) is 6.54 Å². The van der Waals surface area contributed by atoms with E-state index in [-0.39, 0.29) is 28.2 Å². The standard InChI is InChI=1S/C24H17F6N7O2S/c25-23(26,27)17-3-2-15(18(9-17)24(28,29)30)11-37-19-4-1-14(7-16(19)10-33-37)8-20-21(38)35-22(40(20)39)32-5-6-36-13-31-12-34-36/h1-4,7-10,12-13H,5-6,11H2,(H,32,35,38). The van der Waals surface area contributed by atoms with Crippen LogP contribution in [0.3, 0.4) is 0 Å². The fraction of sp³-hybridized carbons (Fsp3) is 0.208. The highest BCUT2D eigenvalue weighted by atomic mass is 32.2. The first-order valence-electron chi connectivity index (χ1n) is 11.4. The lowest BCUT2D eigenvalue weighted by molar-refractivity contribution is -0.143. The number of nitrogens with zero attached hydrogens (tertiary/aromatic N) is 6. The molecule has 208 valence electrons. The number of halogens is 6. The van der Waals surface area contributed by atoms with E-state index >= 15 is 0 Å². The van der Waals surface area contributed by atoms with Crippen LogP contribution in [0.4, 0.5) is 26.3 Å². The minimum absolute atomic E-state index is 0.00210. The summed E-state index contributed by atoms with van der Waals surface area (Å²) in [6.45, 7) is 0.142. The first kappa shape index (κ1) is 27.2. The van der Waals surface area contributed by atoms with Crippen LogP contribution in [0.15, 0.2) is 65.1 Å². The number of nitrogens with one attached hydrogen (secondary N) is 1. The van der Waals surface area contributed by atoms with Crippen LogP contribution in [0.2, 0.25) is 0 Å². The van der Waals surface area contributed by atoms with E-state index in [1.807, 2.05) is 0 Å². The molecule has 1 amide bonds. The van der Waals surface area contributed by atoms with E-state index in [1.165, 1.54) is 40.4 Å². The molecular weight excluding hydrogens is 564 g/mol. The molecule has 1 fully saturated rings. The number of fused-ring (bicyclic) bond motifs is 1. The molecule has 0 bridgehead atoms. The van der Waals surface area contributed by atoms with Crippen molar-refractivity contribution >= 4 is 38.9 Å². The molecule has 1 aliphatic heterocycles. The van der Waals surface area contributed by atoms with Crippen molar-refractivity contribution in [1.82, 2.24) is 29.9 Å². The molecular formula is C24H17F6N7O2S. The lowest BCUT2D eigenvalue weighted by atomic mass is 10.0. The zero-order valence-corrected chi connectivity index (χ0v) is 20.9. The molecule has 4 aromatic rings. The van der Waals surface area contributed by atoms with Gasteiger partial charge in [-0.1, -0.05) is 12.1 Å². The number of amides is 1. The molecule has 0 spiro atoms. The summed E-state index contributed by atoms with van der Waals surface area (Å²) in [7, 11) is -1.85. The highest BCUT2D eigenvalue weighted by molar-refractivity contribution is 8.05. The molecule has 9 nitrogen and oxygen atoms in total. The molecule has 2 aromatic heterocycles. The highest BCUT2D eigenvalue weighted by Gasteiger charge is 2.38. The minimum Gasteiger partial charge on any atom is -0.298 e. The predicted molar refractivity (Wildman–Crippen MR) is 132 cm³/mol. The third kappa shape index (κ3) is 5.66. The molecule has 0 saturated carbocycles. The van der Waals surface area contributed by atoms with Crippen LogP contribution in [0, 0.1) is 0 Å². The smallest absolute Gasteiger partial charge is 0.298 e. The molecule has 0 radical (unpaired) electrons. The Morgan fingerprint density at radius 1 is 1.02 bits per heavy atom. The summed E-state index contributed by atoms with van der Waals surface area (Å²) in [4.78, 5) is 20.3. The van der Waals surface area contributed by atoms with Crippen LogP contribution < -0.4 is 5.32 Å². The van der Waals surface area contributed by atoms with E-state index in [4.69, 9.17) is 0 Å². The molecule has 1 N–H and O–H groups in total. The predicted octanol–water partition coefficient (Wildman–Crippen LogP) is 3.99. The van der Waals surface area contributed by atoms with Gasteiger partial charge in [0.15, 0.2) is 5.17 Å². The van der Waals surface area contributed by atoms with Gasteiger partial charge in [-0.2, -0.15) is 36.5 Å². The number of amidine groups is 1. The van der Waals surface area contributed by atoms with Gasteiger partial charge in [0.25, 0.3) is 5.91 Å². The maximum atomic E-state index is 13.6. The lowest BCUT2D eigenvalue weighted by Crippen LogP contribution is -2.22. The highest BCUT2D eigenvalue weighted by Crippen LogP contribution is 2.37. The SMILES string of the molecule is O=C1NC(=NCCn2cncn2)S(=O)C1=Cc1ccc2c(cnn2Cc2ccc(C(F)(F)F)cc2C(F)(F)F)c1. The van der Waals surface area contributed by atoms with E-state index < -0.39 is 46.7 Å². The second kappa shape index (κ2) is 10.3. The Labute approximate surface area is 223 Å². The molecule has 1 atom stereocenters. The van der Waals surface area contributed by atoms with Gasteiger partial charge >= 0.3 is 12.4 Å². The zero-order chi connectivity index (χ0) is 28.7. The van der Waals surface area contributed by atoms with E-state index in [0.29, 0.717) is 29.1 Å². The molecule has 1 aliphatic rings. The van der Waals surface area contributed by atoms with Crippen molar-refractivity contribution in [3.05, 3.63) is 82.4 Å². The summed E-state index contributed by atoms with van der Waals surface area (Å²) in [6.07, 6.45) is -4.30. The van der Waals surface area contributed by atoms with E-state index in [9.17, 15) is 35.3 Å². The second-order valence-electron chi connectivity index (χ2n) is 8.56. The summed E-state index contributed by atoms with van der Waals surface area (Å²) >= 11 is 0. The van der Waals surface area contributed by atoms with Crippen molar-refractivity contribution in [2.45, 2.75) is 25.4 Å². The van der Waals surface area contributed by atoms with Gasteiger partial charge in [-0.15, -0.1) is 0 Å². The molecule has 3 heterocycles. The van der Waals surface area contributed by atoms with Crippen LogP contribution in [-0.2, 0) is 41.0 Å². The second-order valence-corrected chi connectivity index (χ2v) is 9.93. The first-order chi connectivity index (χ1) is 18.9. The van der Waals surface area contributed by atoms with Crippen LogP contribution in [0.25, 0.3) is 17.0 Å². The number of rotatable bonds is 6. The molecule has 2 aromatic carbocycles. The summed E-state index contributed by atoms with van der Waals surface area (Å²) in [6, 6.07) is 6.15. The number of aromatic nitrogens is 5. The fourth-order valence-electron chi connectivity index (χ4n) is 4.00. The van der Waals surface area contributed by atoms with Crippen molar-refractivity contribution in [1.29, 1.82) is 0 Å². The summed E-state index contributed by atoms with van der Waals surface area (Å²) in [5.74, 6) is -0.587. The van der Waals surface area contributed by atoms with Crippen molar-refractivity contribution in [2.24, 2.45) is 4.99 Å². The lowest BCUT2D eigenvalue weighted by Gasteiger charge is -2.16. The summed E-state index contributed by atoms with van der Waals surface area (Å²) in [5, 5.41) is 11.0. The van der Waals surface area contributed by atoms with Gasteiger partial charge in [0, 0.05) is 5.39 Å². The molecule has 5 rings (SSSR count). The maximum absolute atomic E-state index is 13.6. The number of aliphatic imine (C=N–C) groups is 1. The topological polar surface area (TPSA) is 107 Å². The largest absolute Gasteiger partial charge is 0.416 e. The monoisotopic (exact) mass is 581 g/mol. The van der Waals surface area contributed by atoms with Gasteiger partial charge in [-0.05, 0) is 41.5 Å². The zero-order valence-electron chi connectivity index (χ0n) is 20.1.